The van der Waals surface area contributed by atoms with Crippen molar-refractivity contribution in [1.82, 2.24) is 5.32 Å². The van der Waals surface area contributed by atoms with Crippen molar-refractivity contribution < 1.29 is 32.6 Å². The molecule has 0 saturated carbocycles. The number of halogens is 3. The third kappa shape index (κ3) is 6.89. The first-order valence-corrected chi connectivity index (χ1v) is 7.49. The number of benzene rings is 1. The number of aryl methyl sites for hydroxylation is 1. The maximum atomic E-state index is 12.1. The van der Waals surface area contributed by atoms with Gasteiger partial charge >= 0.3 is 12.3 Å². The molecule has 0 aromatic heterocycles. The molecule has 2 unspecified atom stereocenters. The summed E-state index contributed by atoms with van der Waals surface area (Å²) in [6.45, 7) is 3.57. The van der Waals surface area contributed by atoms with E-state index in [0.29, 0.717) is 12.0 Å². The Hall–Kier alpha value is -2.25. The standard InChI is InChI=1S/C16H20F3NO4/c1-3-10(2)14(15(22)23)20-13(21)9-6-11-4-7-12(8-5-11)24-16(17,18)19/h4-5,7-8,10,14H,3,6,9H2,1-2H3,(H,20,21)(H,22,23). The molecule has 1 amide bonds. The average molecular weight is 347 g/mol. The van der Waals surface area contributed by atoms with Crippen molar-refractivity contribution in [2.24, 2.45) is 5.92 Å². The Morgan fingerprint density at radius 3 is 2.29 bits per heavy atom. The zero-order valence-corrected chi connectivity index (χ0v) is 13.4. The summed E-state index contributed by atoms with van der Waals surface area (Å²) in [5.41, 5.74) is 0.648. The van der Waals surface area contributed by atoms with Gasteiger partial charge in [-0.25, -0.2) is 4.79 Å². The third-order valence-electron chi connectivity index (χ3n) is 3.59. The lowest BCUT2D eigenvalue weighted by Gasteiger charge is -2.20. The van der Waals surface area contributed by atoms with E-state index in [1.807, 2.05) is 6.92 Å². The summed E-state index contributed by atoms with van der Waals surface area (Å²) in [6, 6.07) is 4.24. The van der Waals surface area contributed by atoms with E-state index in [0.717, 1.165) is 0 Å². The molecule has 0 heterocycles. The monoisotopic (exact) mass is 347 g/mol. The molecule has 0 bridgehead atoms. The number of nitrogens with one attached hydrogen (secondary N) is 1. The average Bonchev–Trinajstić information content (AvgIpc) is 2.49. The highest BCUT2D eigenvalue weighted by atomic mass is 19.4. The van der Waals surface area contributed by atoms with Crippen LogP contribution in [0.1, 0.15) is 32.3 Å². The Labute approximate surface area is 137 Å². The van der Waals surface area contributed by atoms with Crippen LogP contribution >= 0.6 is 0 Å². The van der Waals surface area contributed by atoms with Gasteiger partial charge in [-0.15, -0.1) is 13.2 Å². The van der Waals surface area contributed by atoms with Gasteiger partial charge in [0.1, 0.15) is 11.8 Å². The molecule has 0 fully saturated rings. The Bertz CT molecular complexity index is 557. The fourth-order valence-electron chi connectivity index (χ4n) is 2.04. The van der Waals surface area contributed by atoms with E-state index in [4.69, 9.17) is 5.11 Å². The number of amides is 1. The number of hydrogen-bond acceptors (Lipinski definition) is 3. The molecule has 2 atom stereocenters. The predicted octanol–water partition coefficient (Wildman–Crippen LogP) is 3.13. The van der Waals surface area contributed by atoms with E-state index in [-0.39, 0.29) is 24.5 Å². The highest BCUT2D eigenvalue weighted by Gasteiger charge is 2.31. The fraction of sp³-hybridized carbons (Fsp3) is 0.500. The van der Waals surface area contributed by atoms with Crippen molar-refractivity contribution in [1.29, 1.82) is 0 Å². The quantitative estimate of drug-likeness (QED) is 0.758. The minimum atomic E-state index is -4.75. The number of aliphatic carboxylic acids is 1. The normalized spacial score (nSPS) is 13.9. The number of ether oxygens (including phenoxy) is 1. The first-order valence-electron chi connectivity index (χ1n) is 7.49. The van der Waals surface area contributed by atoms with Crippen LogP contribution < -0.4 is 10.1 Å². The molecule has 24 heavy (non-hydrogen) atoms. The van der Waals surface area contributed by atoms with Crippen molar-refractivity contribution in [3.05, 3.63) is 29.8 Å². The molecule has 134 valence electrons. The lowest BCUT2D eigenvalue weighted by atomic mass is 9.99. The third-order valence-corrected chi connectivity index (χ3v) is 3.59. The van der Waals surface area contributed by atoms with E-state index < -0.39 is 24.3 Å². The molecule has 1 rings (SSSR count). The Balaban J connectivity index is 2.53. The van der Waals surface area contributed by atoms with Crippen LogP contribution in [0.5, 0.6) is 5.75 Å². The number of carbonyl (C=O) groups excluding carboxylic acids is 1. The van der Waals surface area contributed by atoms with E-state index in [9.17, 15) is 22.8 Å². The van der Waals surface area contributed by atoms with Crippen molar-refractivity contribution in [3.63, 3.8) is 0 Å². The van der Waals surface area contributed by atoms with Gasteiger partial charge in [0.15, 0.2) is 0 Å². The van der Waals surface area contributed by atoms with Gasteiger partial charge in [0.05, 0.1) is 0 Å². The maximum absolute atomic E-state index is 12.1. The molecule has 0 aliphatic heterocycles. The fourth-order valence-corrected chi connectivity index (χ4v) is 2.04. The molecule has 0 radical (unpaired) electrons. The zero-order valence-electron chi connectivity index (χ0n) is 13.4. The molecule has 0 spiro atoms. The molecule has 0 aliphatic rings. The highest BCUT2D eigenvalue weighted by Crippen LogP contribution is 2.23. The van der Waals surface area contributed by atoms with E-state index in [2.05, 4.69) is 10.1 Å². The second-order valence-corrected chi connectivity index (χ2v) is 5.46. The summed E-state index contributed by atoms with van der Waals surface area (Å²) in [4.78, 5) is 23.0. The van der Waals surface area contributed by atoms with Crippen LogP contribution in [0.3, 0.4) is 0 Å². The molecular formula is C16H20F3NO4. The van der Waals surface area contributed by atoms with Gasteiger partial charge in [-0.1, -0.05) is 32.4 Å². The maximum Gasteiger partial charge on any atom is 0.573 e. The van der Waals surface area contributed by atoms with Crippen LogP contribution in [0, 0.1) is 5.92 Å². The van der Waals surface area contributed by atoms with E-state index >= 15 is 0 Å². The van der Waals surface area contributed by atoms with Gasteiger partial charge in [0, 0.05) is 6.42 Å². The zero-order chi connectivity index (χ0) is 18.3. The largest absolute Gasteiger partial charge is 0.573 e. The summed E-state index contributed by atoms with van der Waals surface area (Å²) in [6.07, 6.45) is -3.81. The van der Waals surface area contributed by atoms with Gasteiger partial charge in [-0.2, -0.15) is 0 Å². The Morgan fingerprint density at radius 1 is 1.25 bits per heavy atom. The van der Waals surface area contributed by atoms with Crippen LogP contribution in [0.15, 0.2) is 24.3 Å². The van der Waals surface area contributed by atoms with Crippen LogP contribution in [-0.2, 0) is 16.0 Å². The number of hydrogen-bond donors (Lipinski definition) is 2. The lowest BCUT2D eigenvalue weighted by Crippen LogP contribution is -2.45. The highest BCUT2D eigenvalue weighted by molar-refractivity contribution is 5.83. The molecule has 8 heteroatoms. The summed E-state index contributed by atoms with van der Waals surface area (Å²) in [7, 11) is 0. The van der Waals surface area contributed by atoms with Gasteiger partial charge in [0.2, 0.25) is 5.91 Å². The van der Waals surface area contributed by atoms with Crippen LogP contribution in [0.2, 0.25) is 0 Å². The molecule has 2 N–H and O–H groups in total. The van der Waals surface area contributed by atoms with Crippen LogP contribution in [0.25, 0.3) is 0 Å². The first-order chi connectivity index (χ1) is 11.1. The van der Waals surface area contributed by atoms with Crippen molar-refractivity contribution in [2.75, 3.05) is 0 Å². The Kier molecular flexibility index (Phi) is 7.06. The molecule has 0 saturated heterocycles. The summed E-state index contributed by atoms with van der Waals surface area (Å²) >= 11 is 0. The van der Waals surface area contributed by atoms with Crippen molar-refractivity contribution in [2.45, 2.75) is 45.5 Å². The number of carboxylic acids is 1. The second-order valence-electron chi connectivity index (χ2n) is 5.46. The number of alkyl halides is 3. The minimum Gasteiger partial charge on any atom is -0.480 e. The molecule has 5 nitrogen and oxygen atoms in total. The first kappa shape index (κ1) is 19.8. The molecular weight excluding hydrogens is 327 g/mol. The number of rotatable bonds is 8. The lowest BCUT2D eigenvalue weighted by molar-refractivity contribution is -0.274. The summed E-state index contributed by atoms with van der Waals surface area (Å²) < 4.78 is 39.9. The number of carbonyl (C=O) groups is 2. The van der Waals surface area contributed by atoms with Crippen molar-refractivity contribution in [3.8, 4) is 5.75 Å². The van der Waals surface area contributed by atoms with Gasteiger partial charge < -0.3 is 15.2 Å². The number of carboxylic acid groups (broad SMARTS) is 1. The predicted molar refractivity (Wildman–Crippen MR) is 80.5 cm³/mol. The smallest absolute Gasteiger partial charge is 0.480 e. The summed E-state index contributed by atoms with van der Waals surface area (Å²) in [5, 5.41) is 11.6. The van der Waals surface area contributed by atoms with E-state index in [1.54, 1.807) is 6.92 Å². The van der Waals surface area contributed by atoms with Crippen LogP contribution in [-0.4, -0.2) is 29.4 Å². The Morgan fingerprint density at radius 2 is 1.83 bits per heavy atom. The van der Waals surface area contributed by atoms with Gasteiger partial charge in [-0.05, 0) is 30.0 Å². The molecule has 0 aliphatic carbocycles. The topological polar surface area (TPSA) is 75.6 Å². The molecule has 1 aromatic rings. The van der Waals surface area contributed by atoms with Gasteiger partial charge in [-0.3, -0.25) is 4.79 Å². The second kappa shape index (κ2) is 8.56. The van der Waals surface area contributed by atoms with E-state index in [1.165, 1.54) is 24.3 Å². The van der Waals surface area contributed by atoms with Gasteiger partial charge in [0.25, 0.3) is 0 Å². The SMILES string of the molecule is CCC(C)C(NC(=O)CCc1ccc(OC(F)(F)F)cc1)C(=O)O. The minimum absolute atomic E-state index is 0.0414. The molecule has 1 aromatic carbocycles. The van der Waals surface area contributed by atoms with Crippen molar-refractivity contribution >= 4 is 11.9 Å². The summed E-state index contributed by atoms with van der Waals surface area (Å²) in [5.74, 6) is -2.05. The van der Waals surface area contributed by atoms with Crippen LogP contribution in [0.4, 0.5) is 13.2 Å².